The molecule has 0 amide bonds. The Kier molecular flexibility index (Phi) is 6.07. The van der Waals surface area contributed by atoms with Gasteiger partial charge in [-0.05, 0) is 53.4 Å². The maximum Gasteiger partial charge on any atom is 0.313 e. The minimum absolute atomic E-state index is 0.464. The molecule has 2 aromatic rings. The minimum Gasteiger partial charge on any atom is -0.493 e. The number of fused-ring (bicyclic) bond motifs is 5. The predicted molar refractivity (Wildman–Crippen MR) is 119 cm³/mol. The van der Waals surface area contributed by atoms with E-state index in [0.29, 0.717) is 39.7 Å². The summed E-state index contributed by atoms with van der Waals surface area (Å²) in [4.78, 5) is 26.2. The lowest BCUT2D eigenvalue weighted by Crippen LogP contribution is -2.45. The van der Waals surface area contributed by atoms with Crippen molar-refractivity contribution in [3.8, 4) is 23.0 Å². The molecule has 2 bridgehead atoms. The number of esters is 2. The summed E-state index contributed by atoms with van der Waals surface area (Å²) in [7, 11) is 8.71. The first-order valence-electron chi connectivity index (χ1n) is 10.7. The molecule has 0 aromatic heterocycles. The highest BCUT2D eigenvalue weighted by atomic mass is 16.6. The quantitative estimate of drug-likeness (QED) is 0.563. The number of hydrogen-bond acceptors (Lipinski definition) is 9. The highest BCUT2D eigenvalue weighted by molar-refractivity contribution is 5.87. The Labute approximate surface area is 197 Å². The van der Waals surface area contributed by atoms with Crippen LogP contribution in [-0.4, -0.2) is 54.6 Å². The van der Waals surface area contributed by atoms with E-state index < -0.39 is 35.5 Å². The van der Waals surface area contributed by atoms with Crippen molar-refractivity contribution in [3.05, 3.63) is 46.5 Å². The second-order valence-corrected chi connectivity index (χ2v) is 8.15. The molecule has 2 aromatic carbocycles. The molecule has 34 heavy (non-hydrogen) atoms. The Morgan fingerprint density at radius 1 is 0.794 bits per heavy atom. The van der Waals surface area contributed by atoms with Crippen molar-refractivity contribution < 1.29 is 42.7 Å². The SMILES string of the molecule is COC(=O)C1C(C(=O)OC)[C@@]2(c3cc(C)c(OC)c(OC)c3)O[C@@H]1c1cc(OC)c(OC)cc12. The average Bonchev–Trinajstić information content (AvgIpc) is 3.38. The monoisotopic (exact) mass is 472 g/mol. The van der Waals surface area contributed by atoms with Gasteiger partial charge in [-0.3, -0.25) is 9.59 Å². The van der Waals surface area contributed by atoms with Gasteiger partial charge in [0.15, 0.2) is 23.0 Å². The van der Waals surface area contributed by atoms with Gasteiger partial charge in [0.25, 0.3) is 0 Å². The van der Waals surface area contributed by atoms with E-state index in [0.717, 1.165) is 5.56 Å². The fourth-order valence-electron chi connectivity index (χ4n) is 5.32. The number of rotatable bonds is 7. The fraction of sp³-hybridized carbons (Fsp3) is 0.440. The van der Waals surface area contributed by atoms with Crippen LogP contribution in [0.15, 0.2) is 24.3 Å². The van der Waals surface area contributed by atoms with Gasteiger partial charge in [0.2, 0.25) is 0 Å². The Morgan fingerprint density at radius 2 is 1.41 bits per heavy atom. The molecule has 1 saturated heterocycles. The molecule has 0 saturated carbocycles. The van der Waals surface area contributed by atoms with Gasteiger partial charge in [-0.15, -0.1) is 0 Å². The lowest BCUT2D eigenvalue weighted by atomic mass is 9.65. The van der Waals surface area contributed by atoms with Crippen LogP contribution >= 0.6 is 0 Å². The zero-order valence-electron chi connectivity index (χ0n) is 20.2. The zero-order chi connectivity index (χ0) is 24.8. The molecule has 0 aliphatic carbocycles. The van der Waals surface area contributed by atoms with Gasteiger partial charge < -0.3 is 33.2 Å². The maximum absolute atomic E-state index is 13.2. The molecule has 2 unspecified atom stereocenters. The first kappa shape index (κ1) is 23.7. The van der Waals surface area contributed by atoms with Crippen LogP contribution in [0.3, 0.4) is 0 Å². The highest BCUT2D eigenvalue weighted by Crippen LogP contribution is 2.65. The van der Waals surface area contributed by atoms with Crippen LogP contribution in [0.2, 0.25) is 0 Å². The summed E-state index contributed by atoms with van der Waals surface area (Å²) in [6, 6.07) is 7.17. The van der Waals surface area contributed by atoms with Gasteiger partial charge in [0.1, 0.15) is 17.4 Å². The lowest BCUT2D eigenvalue weighted by molar-refractivity contribution is -0.158. The van der Waals surface area contributed by atoms with Crippen LogP contribution in [0.25, 0.3) is 0 Å². The lowest BCUT2D eigenvalue weighted by Gasteiger charge is -2.36. The molecule has 182 valence electrons. The van der Waals surface area contributed by atoms with Gasteiger partial charge in [0.05, 0.1) is 48.8 Å². The van der Waals surface area contributed by atoms with Gasteiger partial charge in [0, 0.05) is 0 Å². The third-order valence-corrected chi connectivity index (χ3v) is 6.72. The van der Waals surface area contributed by atoms with E-state index in [1.54, 1.807) is 25.3 Å². The summed E-state index contributed by atoms with van der Waals surface area (Å²) < 4.78 is 39.0. The minimum atomic E-state index is -1.37. The molecule has 0 N–H and O–H groups in total. The van der Waals surface area contributed by atoms with Gasteiger partial charge in [-0.25, -0.2) is 0 Å². The van der Waals surface area contributed by atoms with Gasteiger partial charge in [-0.1, -0.05) is 0 Å². The first-order valence-corrected chi connectivity index (χ1v) is 10.7. The van der Waals surface area contributed by atoms with E-state index in [1.165, 1.54) is 35.5 Å². The number of benzene rings is 2. The third kappa shape index (κ3) is 3.10. The molecular formula is C25H28O9. The first-order chi connectivity index (χ1) is 16.3. The van der Waals surface area contributed by atoms with Crippen molar-refractivity contribution in [2.45, 2.75) is 18.6 Å². The van der Waals surface area contributed by atoms with Crippen molar-refractivity contribution >= 4 is 11.9 Å². The van der Waals surface area contributed by atoms with Crippen molar-refractivity contribution in [2.24, 2.45) is 11.8 Å². The van der Waals surface area contributed by atoms with Crippen LogP contribution in [0.4, 0.5) is 0 Å². The highest BCUT2D eigenvalue weighted by Gasteiger charge is 2.69. The summed E-state index contributed by atoms with van der Waals surface area (Å²) >= 11 is 0. The van der Waals surface area contributed by atoms with Crippen molar-refractivity contribution in [3.63, 3.8) is 0 Å². The number of aryl methyl sites for hydroxylation is 1. The molecule has 4 atom stereocenters. The second kappa shape index (κ2) is 8.72. The van der Waals surface area contributed by atoms with E-state index >= 15 is 0 Å². The third-order valence-electron chi connectivity index (χ3n) is 6.72. The Balaban J connectivity index is 2.09. The maximum atomic E-state index is 13.2. The Bertz CT molecular complexity index is 1140. The van der Waals surface area contributed by atoms with Gasteiger partial charge in [-0.2, -0.15) is 0 Å². The average molecular weight is 472 g/mol. The molecule has 1 fully saturated rings. The summed E-state index contributed by atoms with van der Waals surface area (Å²) in [6.07, 6.45) is -0.764. The van der Waals surface area contributed by atoms with Crippen LogP contribution in [0.5, 0.6) is 23.0 Å². The number of hydrogen-bond donors (Lipinski definition) is 0. The number of methoxy groups -OCH3 is 6. The topological polar surface area (TPSA) is 98.8 Å². The van der Waals surface area contributed by atoms with Crippen molar-refractivity contribution in [1.29, 1.82) is 0 Å². The summed E-state index contributed by atoms with van der Waals surface area (Å²) in [5.74, 6) is -1.14. The largest absolute Gasteiger partial charge is 0.493 e. The molecule has 0 spiro atoms. The smallest absolute Gasteiger partial charge is 0.313 e. The van der Waals surface area contributed by atoms with Crippen LogP contribution in [-0.2, 0) is 29.4 Å². The van der Waals surface area contributed by atoms with E-state index in [1.807, 2.05) is 13.0 Å². The van der Waals surface area contributed by atoms with E-state index in [9.17, 15) is 9.59 Å². The van der Waals surface area contributed by atoms with E-state index in [2.05, 4.69) is 0 Å². The van der Waals surface area contributed by atoms with Crippen molar-refractivity contribution in [2.75, 3.05) is 42.7 Å². The standard InChI is InChI=1S/C25H28O9/c1-12-8-13(9-18(30-4)21(12)31-5)25-15-11-17(29-3)16(28-2)10-14(15)22(34-25)19(23(26)32-6)20(25)24(27)33-7/h8-11,19-20,22H,1-7H3/t19?,20?,22-,25+/m1/s1. The van der Waals surface area contributed by atoms with E-state index in [4.69, 9.17) is 33.2 Å². The normalized spacial score (nSPS) is 24.3. The van der Waals surface area contributed by atoms with E-state index in [-0.39, 0.29) is 0 Å². The van der Waals surface area contributed by atoms with Crippen LogP contribution in [0.1, 0.15) is 28.4 Å². The Morgan fingerprint density at radius 3 is 1.97 bits per heavy atom. The Hall–Kier alpha value is -3.46. The molecule has 2 aliphatic rings. The predicted octanol–water partition coefficient (Wildman–Crippen LogP) is 2.94. The summed E-state index contributed by atoms with van der Waals surface area (Å²) in [6.45, 7) is 1.86. The number of ether oxygens (including phenoxy) is 7. The molecule has 9 heteroatoms. The fourth-order valence-corrected chi connectivity index (χ4v) is 5.32. The molecule has 0 radical (unpaired) electrons. The second-order valence-electron chi connectivity index (χ2n) is 8.15. The number of carbonyl (C=O) groups is 2. The molecule has 9 nitrogen and oxygen atoms in total. The molecule has 2 heterocycles. The van der Waals surface area contributed by atoms with Gasteiger partial charge >= 0.3 is 11.9 Å². The van der Waals surface area contributed by atoms with Crippen molar-refractivity contribution in [1.82, 2.24) is 0 Å². The number of carbonyl (C=O) groups excluding carboxylic acids is 2. The summed E-state index contributed by atoms with van der Waals surface area (Å²) in [5.41, 5.74) is 1.40. The molecular weight excluding hydrogens is 444 g/mol. The van der Waals surface area contributed by atoms with Crippen LogP contribution < -0.4 is 18.9 Å². The van der Waals surface area contributed by atoms with Crippen LogP contribution in [0, 0.1) is 18.8 Å². The molecule has 2 aliphatic heterocycles. The summed E-state index contributed by atoms with van der Waals surface area (Å²) in [5, 5.41) is 0. The molecule has 4 rings (SSSR count). The zero-order valence-corrected chi connectivity index (χ0v) is 20.2.